The first-order chi connectivity index (χ1) is 9.15. The second kappa shape index (κ2) is 6.54. The highest BCUT2D eigenvalue weighted by Gasteiger charge is 2.18. The van der Waals surface area contributed by atoms with Crippen LogP contribution in [-0.2, 0) is 9.53 Å². The zero-order chi connectivity index (χ0) is 13.7. The summed E-state index contributed by atoms with van der Waals surface area (Å²) < 4.78 is 5.31. The molecule has 104 valence electrons. The second-order valence-corrected chi connectivity index (χ2v) is 4.81. The number of morpholine rings is 1. The van der Waals surface area contributed by atoms with Gasteiger partial charge in [-0.15, -0.1) is 0 Å². The van der Waals surface area contributed by atoms with Crippen molar-refractivity contribution in [1.82, 2.24) is 10.6 Å². The Bertz CT molecular complexity index is 430. The molecule has 0 aliphatic carbocycles. The van der Waals surface area contributed by atoms with Crippen molar-refractivity contribution in [3.63, 3.8) is 0 Å². The van der Waals surface area contributed by atoms with Crippen molar-refractivity contribution in [3.8, 4) is 5.75 Å². The maximum absolute atomic E-state index is 11.9. The van der Waals surface area contributed by atoms with E-state index in [4.69, 9.17) is 4.74 Å². The number of phenolic OH excluding ortho intramolecular Hbond substituents is 1. The van der Waals surface area contributed by atoms with Crippen molar-refractivity contribution in [2.75, 3.05) is 19.8 Å². The van der Waals surface area contributed by atoms with E-state index < -0.39 is 0 Å². The number of rotatable bonds is 4. The number of hydrogen-bond donors (Lipinski definition) is 3. The summed E-state index contributed by atoms with van der Waals surface area (Å²) in [7, 11) is 0. The van der Waals surface area contributed by atoms with E-state index in [1.54, 1.807) is 18.2 Å². The molecular weight excluding hydrogens is 244 g/mol. The molecule has 1 heterocycles. The number of phenols is 1. The average molecular weight is 264 g/mol. The molecule has 2 rings (SSSR count). The van der Waals surface area contributed by atoms with Crippen LogP contribution in [0.15, 0.2) is 24.3 Å². The van der Waals surface area contributed by atoms with Gasteiger partial charge >= 0.3 is 0 Å². The molecule has 2 atom stereocenters. The van der Waals surface area contributed by atoms with Gasteiger partial charge in [-0.2, -0.15) is 0 Å². The minimum atomic E-state index is -0.121. The van der Waals surface area contributed by atoms with E-state index in [0.717, 1.165) is 12.1 Å². The molecule has 0 aromatic heterocycles. The van der Waals surface area contributed by atoms with E-state index in [9.17, 15) is 9.90 Å². The number of ether oxygens (including phenoxy) is 1. The SMILES string of the molecule is CC(NC(=O)CC1COCCN1)c1cccc(O)c1. The van der Waals surface area contributed by atoms with Crippen molar-refractivity contribution in [3.05, 3.63) is 29.8 Å². The molecular formula is C14H20N2O3. The lowest BCUT2D eigenvalue weighted by Gasteiger charge is -2.24. The number of nitrogens with one attached hydrogen (secondary N) is 2. The molecule has 5 nitrogen and oxygen atoms in total. The third-order valence-corrected chi connectivity index (χ3v) is 3.18. The Hall–Kier alpha value is -1.59. The molecule has 2 unspecified atom stereocenters. The van der Waals surface area contributed by atoms with Crippen LogP contribution in [-0.4, -0.2) is 36.8 Å². The Balaban J connectivity index is 1.84. The number of amides is 1. The molecule has 3 N–H and O–H groups in total. The molecule has 1 fully saturated rings. The number of carbonyl (C=O) groups is 1. The maximum atomic E-state index is 11.9. The highest BCUT2D eigenvalue weighted by atomic mass is 16.5. The summed E-state index contributed by atoms with van der Waals surface area (Å²) >= 11 is 0. The van der Waals surface area contributed by atoms with Gasteiger partial charge in [-0.1, -0.05) is 12.1 Å². The van der Waals surface area contributed by atoms with Crippen molar-refractivity contribution >= 4 is 5.91 Å². The molecule has 0 spiro atoms. The molecule has 19 heavy (non-hydrogen) atoms. The van der Waals surface area contributed by atoms with Gasteiger partial charge in [0, 0.05) is 19.0 Å². The van der Waals surface area contributed by atoms with Crippen LogP contribution in [0.25, 0.3) is 0 Å². The summed E-state index contributed by atoms with van der Waals surface area (Å²) in [5, 5.41) is 15.6. The Morgan fingerprint density at radius 2 is 2.47 bits per heavy atom. The van der Waals surface area contributed by atoms with Crippen LogP contribution in [0, 0.1) is 0 Å². The van der Waals surface area contributed by atoms with E-state index in [-0.39, 0.29) is 23.7 Å². The Kier molecular flexibility index (Phi) is 4.76. The van der Waals surface area contributed by atoms with Crippen molar-refractivity contribution in [2.24, 2.45) is 0 Å². The van der Waals surface area contributed by atoms with Crippen LogP contribution < -0.4 is 10.6 Å². The smallest absolute Gasteiger partial charge is 0.222 e. The number of aromatic hydroxyl groups is 1. The van der Waals surface area contributed by atoms with Crippen molar-refractivity contribution < 1.29 is 14.6 Å². The van der Waals surface area contributed by atoms with Gasteiger partial charge in [0.05, 0.1) is 19.3 Å². The first kappa shape index (κ1) is 13.8. The second-order valence-electron chi connectivity index (χ2n) is 4.81. The molecule has 0 saturated carbocycles. The van der Waals surface area contributed by atoms with E-state index in [1.807, 2.05) is 13.0 Å². The fourth-order valence-corrected chi connectivity index (χ4v) is 2.15. The van der Waals surface area contributed by atoms with Gasteiger partial charge in [-0.25, -0.2) is 0 Å². The van der Waals surface area contributed by atoms with Crippen LogP contribution in [0.1, 0.15) is 24.9 Å². The fraction of sp³-hybridized carbons (Fsp3) is 0.500. The highest BCUT2D eigenvalue weighted by molar-refractivity contribution is 5.77. The van der Waals surface area contributed by atoms with Crippen molar-refractivity contribution in [2.45, 2.75) is 25.4 Å². The van der Waals surface area contributed by atoms with E-state index >= 15 is 0 Å². The largest absolute Gasteiger partial charge is 0.508 e. The molecule has 0 bridgehead atoms. The summed E-state index contributed by atoms with van der Waals surface area (Å²) in [6.45, 7) is 3.98. The zero-order valence-corrected chi connectivity index (χ0v) is 11.1. The van der Waals surface area contributed by atoms with Gasteiger partial charge in [0.1, 0.15) is 5.75 Å². The molecule has 1 aromatic rings. The Morgan fingerprint density at radius 1 is 1.63 bits per heavy atom. The molecule has 1 aliphatic heterocycles. The van der Waals surface area contributed by atoms with Gasteiger partial charge in [0.2, 0.25) is 5.91 Å². The average Bonchev–Trinajstić information content (AvgIpc) is 2.39. The number of carbonyl (C=O) groups excluding carboxylic acids is 1. The van der Waals surface area contributed by atoms with Crippen LogP contribution in [0.4, 0.5) is 0 Å². The zero-order valence-electron chi connectivity index (χ0n) is 11.1. The van der Waals surface area contributed by atoms with Gasteiger partial charge in [0.15, 0.2) is 0 Å². The van der Waals surface area contributed by atoms with Crippen LogP contribution >= 0.6 is 0 Å². The fourth-order valence-electron chi connectivity index (χ4n) is 2.15. The first-order valence-corrected chi connectivity index (χ1v) is 6.54. The molecule has 1 aliphatic rings. The van der Waals surface area contributed by atoms with Crippen molar-refractivity contribution in [1.29, 1.82) is 0 Å². The predicted octanol–water partition coefficient (Wildman–Crippen LogP) is 0.948. The number of benzene rings is 1. The first-order valence-electron chi connectivity index (χ1n) is 6.54. The van der Waals surface area contributed by atoms with Gasteiger partial charge < -0.3 is 20.5 Å². The third-order valence-electron chi connectivity index (χ3n) is 3.18. The summed E-state index contributed by atoms with van der Waals surface area (Å²) in [5.41, 5.74) is 0.890. The summed E-state index contributed by atoms with van der Waals surface area (Å²) in [6.07, 6.45) is 0.406. The number of hydrogen-bond acceptors (Lipinski definition) is 4. The van der Waals surface area contributed by atoms with E-state index in [2.05, 4.69) is 10.6 Å². The monoisotopic (exact) mass is 264 g/mol. The lowest BCUT2D eigenvalue weighted by atomic mass is 10.1. The van der Waals surface area contributed by atoms with E-state index in [1.165, 1.54) is 0 Å². The summed E-state index contributed by atoms with van der Waals surface area (Å²) in [6, 6.07) is 6.89. The lowest BCUT2D eigenvalue weighted by Crippen LogP contribution is -2.44. The van der Waals surface area contributed by atoms with Gasteiger partial charge in [-0.05, 0) is 24.6 Å². The molecule has 1 aromatic carbocycles. The Labute approximate surface area is 113 Å². The molecule has 1 saturated heterocycles. The topological polar surface area (TPSA) is 70.6 Å². The van der Waals surface area contributed by atoms with Gasteiger partial charge in [-0.3, -0.25) is 4.79 Å². The predicted molar refractivity (Wildman–Crippen MR) is 71.9 cm³/mol. The quantitative estimate of drug-likeness (QED) is 0.757. The molecule has 5 heteroatoms. The molecule has 0 radical (unpaired) electrons. The normalized spacial score (nSPS) is 20.8. The van der Waals surface area contributed by atoms with Crippen LogP contribution in [0.5, 0.6) is 5.75 Å². The third kappa shape index (κ3) is 4.22. The summed E-state index contributed by atoms with van der Waals surface area (Å²) in [5.74, 6) is 0.194. The minimum absolute atomic E-state index is 0.0150. The van der Waals surface area contributed by atoms with Crippen LogP contribution in [0.3, 0.4) is 0 Å². The Morgan fingerprint density at radius 3 is 3.16 bits per heavy atom. The minimum Gasteiger partial charge on any atom is -0.508 e. The van der Waals surface area contributed by atoms with Crippen LogP contribution in [0.2, 0.25) is 0 Å². The summed E-state index contributed by atoms with van der Waals surface area (Å²) in [4.78, 5) is 11.9. The maximum Gasteiger partial charge on any atom is 0.222 e. The standard InChI is InChI=1S/C14H20N2O3/c1-10(11-3-2-4-13(17)7-11)16-14(18)8-12-9-19-6-5-15-12/h2-4,7,10,12,15,17H,5-6,8-9H2,1H3,(H,16,18). The molecule has 1 amide bonds. The highest BCUT2D eigenvalue weighted by Crippen LogP contribution is 2.17. The van der Waals surface area contributed by atoms with Gasteiger partial charge in [0.25, 0.3) is 0 Å². The van der Waals surface area contributed by atoms with E-state index in [0.29, 0.717) is 19.6 Å². The lowest BCUT2D eigenvalue weighted by molar-refractivity contribution is -0.122.